The lowest BCUT2D eigenvalue weighted by Crippen LogP contribution is -2.17. The molecule has 0 atom stereocenters. The molecule has 0 saturated carbocycles. The van der Waals surface area contributed by atoms with Crippen LogP contribution >= 0.6 is 15.9 Å². The van der Waals surface area contributed by atoms with Crippen molar-refractivity contribution in [3.8, 4) is 0 Å². The molecule has 1 amide bonds. The van der Waals surface area contributed by atoms with Gasteiger partial charge in [-0.25, -0.2) is 4.98 Å². The molecule has 0 unspecified atom stereocenters. The third-order valence-corrected chi connectivity index (χ3v) is 2.89. The largest absolute Gasteiger partial charge is 0.355 e. The van der Waals surface area contributed by atoms with E-state index in [0.29, 0.717) is 5.56 Å². The molecule has 0 aliphatic heterocycles. The fourth-order valence-electron chi connectivity index (χ4n) is 1.48. The molecular weight excluding hydrogens is 258 g/mol. The molecule has 2 aromatic rings. The second kappa shape index (κ2) is 3.66. The number of carbonyl (C=O) groups is 1. The number of aromatic nitrogens is 2. The lowest BCUT2D eigenvalue weighted by Gasteiger charge is -2.00. The molecule has 0 spiro atoms. The zero-order chi connectivity index (χ0) is 11.0. The number of halogens is 1. The number of amides is 1. The molecule has 2 heterocycles. The van der Waals surface area contributed by atoms with Crippen molar-refractivity contribution in [3.05, 3.63) is 28.5 Å². The Bertz CT molecular complexity index is 533. The van der Waals surface area contributed by atoms with Crippen molar-refractivity contribution in [2.24, 2.45) is 7.05 Å². The number of hydrogen-bond donors (Lipinski definition) is 1. The predicted molar refractivity (Wildman–Crippen MR) is 61.8 cm³/mol. The smallest absolute Gasteiger partial charge is 0.252 e. The summed E-state index contributed by atoms with van der Waals surface area (Å²) in [6, 6.07) is 1.82. The normalized spacial score (nSPS) is 10.6. The van der Waals surface area contributed by atoms with Crippen LogP contribution in [0.1, 0.15) is 10.4 Å². The molecule has 0 saturated heterocycles. The van der Waals surface area contributed by atoms with E-state index in [4.69, 9.17) is 0 Å². The summed E-state index contributed by atoms with van der Waals surface area (Å²) in [6.45, 7) is 0. The van der Waals surface area contributed by atoms with Crippen LogP contribution in [0.4, 0.5) is 0 Å². The van der Waals surface area contributed by atoms with Crippen LogP contribution in [-0.2, 0) is 7.05 Å². The van der Waals surface area contributed by atoms with Crippen LogP contribution in [0, 0.1) is 0 Å². The number of aryl methyl sites for hydroxylation is 1. The Morgan fingerprint density at radius 2 is 2.33 bits per heavy atom. The first-order valence-electron chi connectivity index (χ1n) is 4.46. The average Bonchev–Trinajstić information content (AvgIpc) is 2.53. The van der Waals surface area contributed by atoms with E-state index < -0.39 is 0 Å². The molecule has 0 aliphatic rings. The lowest BCUT2D eigenvalue weighted by atomic mass is 10.2. The maximum Gasteiger partial charge on any atom is 0.252 e. The SMILES string of the molecule is CNC(=O)c1cnc2c(c1)c(Br)cn2C. The third-order valence-electron chi connectivity index (χ3n) is 2.25. The van der Waals surface area contributed by atoms with Crippen LogP contribution in [0.3, 0.4) is 0 Å². The van der Waals surface area contributed by atoms with E-state index in [9.17, 15) is 4.79 Å². The Balaban J connectivity index is 2.65. The molecule has 0 fully saturated rings. The van der Waals surface area contributed by atoms with E-state index >= 15 is 0 Å². The number of nitrogens with one attached hydrogen (secondary N) is 1. The molecule has 15 heavy (non-hydrogen) atoms. The minimum Gasteiger partial charge on any atom is -0.355 e. The summed E-state index contributed by atoms with van der Waals surface area (Å²) in [5, 5.41) is 3.51. The second-order valence-corrected chi connectivity index (χ2v) is 4.12. The van der Waals surface area contributed by atoms with Crippen molar-refractivity contribution in [2.45, 2.75) is 0 Å². The Labute approximate surface area is 95.4 Å². The summed E-state index contributed by atoms with van der Waals surface area (Å²) in [5.41, 5.74) is 1.42. The molecule has 5 heteroatoms. The van der Waals surface area contributed by atoms with Gasteiger partial charge in [-0.15, -0.1) is 0 Å². The summed E-state index contributed by atoms with van der Waals surface area (Å²) in [5.74, 6) is -0.125. The first kappa shape index (κ1) is 10.2. The quantitative estimate of drug-likeness (QED) is 0.855. The summed E-state index contributed by atoms with van der Waals surface area (Å²) in [4.78, 5) is 15.6. The summed E-state index contributed by atoms with van der Waals surface area (Å²) in [6.07, 6.45) is 3.50. The molecule has 2 rings (SSSR count). The van der Waals surface area contributed by atoms with Crippen LogP contribution in [0.15, 0.2) is 22.9 Å². The van der Waals surface area contributed by atoms with Crippen molar-refractivity contribution in [1.29, 1.82) is 0 Å². The number of nitrogens with zero attached hydrogens (tertiary/aromatic N) is 2. The van der Waals surface area contributed by atoms with Crippen molar-refractivity contribution in [1.82, 2.24) is 14.9 Å². The van der Waals surface area contributed by atoms with E-state index in [2.05, 4.69) is 26.2 Å². The van der Waals surface area contributed by atoms with Crippen LogP contribution in [-0.4, -0.2) is 22.5 Å². The van der Waals surface area contributed by atoms with Crippen molar-refractivity contribution in [3.63, 3.8) is 0 Å². The molecular formula is C10H10BrN3O. The minimum absolute atomic E-state index is 0.125. The number of rotatable bonds is 1. The monoisotopic (exact) mass is 267 g/mol. The van der Waals surface area contributed by atoms with Gasteiger partial charge in [0, 0.05) is 36.3 Å². The second-order valence-electron chi connectivity index (χ2n) is 3.26. The van der Waals surface area contributed by atoms with Crippen LogP contribution in [0.5, 0.6) is 0 Å². The zero-order valence-electron chi connectivity index (χ0n) is 8.41. The van der Waals surface area contributed by atoms with E-state index in [-0.39, 0.29) is 5.91 Å². The highest BCUT2D eigenvalue weighted by Gasteiger charge is 2.09. The Morgan fingerprint density at radius 3 is 3.00 bits per heavy atom. The number of carbonyl (C=O) groups excluding carboxylic acids is 1. The molecule has 1 N–H and O–H groups in total. The van der Waals surface area contributed by atoms with Gasteiger partial charge in [-0.1, -0.05) is 0 Å². The van der Waals surface area contributed by atoms with Gasteiger partial charge in [0.05, 0.1) is 5.56 Å². The molecule has 78 valence electrons. The summed E-state index contributed by atoms with van der Waals surface area (Å²) >= 11 is 3.43. The van der Waals surface area contributed by atoms with E-state index in [0.717, 1.165) is 15.5 Å². The fourth-order valence-corrected chi connectivity index (χ4v) is 2.08. The first-order chi connectivity index (χ1) is 7.13. The van der Waals surface area contributed by atoms with Gasteiger partial charge in [0.15, 0.2) is 0 Å². The van der Waals surface area contributed by atoms with Crippen LogP contribution < -0.4 is 5.32 Å². The lowest BCUT2D eigenvalue weighted by molar-refractivity contribution is 0.0963. The molecule has 0 radical (unpaired) electrons. The molecule has 4 nitrogen and oxygen atoms in total. The number of hydrogen-bond acceptors (Lipinski definition) is 2. The fraction of sp³-hybridized carbons (Fsp3) is 0.200. The predicted octanol–water partition coefficient (Wildman–Crippen LogP) is 1.70. The zero-order valence-corrected chi connectivity index (χ0v) is 10.00. The average molecular weight is 268 g/mol. The van der Waals surface area contributed by atoms with Crippen LogP contribution in [0.25, 0.3) is 11.0 Å². The topological polar surface area (TPSA) is 46.9 Å². The van der Waals surface area contributed by atoms with Crippen LogP contribution in [0.2, 0.25) is 0 Å². The maximum absolute atomic E-state index is 11.4. The standard InChI is InChI=1S/C10H10BrN3O/c1-12-10(15)6-3-7-8(11)5-14(2)9(7)13-4-6/h3-5H,1-2H3,(H,12,15). The highest BCUT2D eigenvalue weighted by molar-refractivity contribution is 9.10. The number of pyridine rings is 1. The van der Waals surface area contributed by atoms with Crippen molar-refractivity contribution in [2.75, 3.05) is 7.05 Å². The van der Waals surface area contributed by atoms with Gasteiger partial charge in [-0.3, -0.25) is 4.79 Å². The van der Waals surface area contributed by atoms with Gasteiger partial charge in [-0.05, 0) is 22.0 Å². The summed E-state index contributed by atoms with van der Waals surface area (Å²) in [7, 11) is 3.52. The maximum atomic E-state index is 11.4. The van der Waals surface area contributed by atoms with E-state index in [1.165, 1.54) is 0 Å². The first-order valence-corrected chi connectivity index (χ1v) is 5.25. The molecule has 0 aromatic carbocycles. The third kappa shape index (κ3) is 1.63. The van der Waals surface area contributed by atoms with Gasteiger partial charge in [-0.2, -0.15) is 0 Å². The minimum atomic E-state index is -0.125. The molecule has 2 aromatic heterocycles. The summed E-state index contributed by atoms with van der Waals surface area (Å²) < 4.78 is 2.85. The Kier molecular flexibility index (Phi) is 2.48. The van der Waals surface area contributed by atoms with E-state index in [1.807, 2.05) is 23.9 Å². The van der Waals surface area contributed by atoms with E-state index in [1.54, 1.807) is 13.2 Å². The van der Waals surface area contributed by atoms with Gasteiger partial charge < -0.3 is 9.88 Å². The van der Waals surface area contributed by atoms with Gasteiger partial charge >= 0.3 is 0 Å². The Hall–Kier alpha value is -1.36. The van der Waals surface area contributed by atoms with Crippen molar-refractivity contribution >= 4 is 32.9 Å². The van der Waals surface area contributed by atoms with Crippen molar-refractivity contribution < 1.29 is 4.79 Å². The van der Waals surface area contributed by atoms with Gasteiger partial charge in [0.1, 0.15) is 5.65 Å². The highest BCUT2D eigenvalue weighted by Crippen LogP contribution is 2.24. The molecule has 0 aliphatic carbocycles. The Morgan fingerprint density at radius 1 is 1.60 bits per heavy atom. The number of fused-ring (bicyclic) bond motifs is 1. The van der Waals surface area contributed by atoms with Gasteiger partial charge in [0.2, 0.25) is 0 Å². The molecule has 0 bridgehead atoms. The van der Waals surface area contributed by atoms with Gasteiger partial charge in [0.25, 0.3) is 5.91 Å². The highest BCUT2D eigenvalue weighted by atomic mass is 79.9.